The van der Waals surface area contributed by atoms with Crippen LogP contribution in [0, 0.1) is 0 Å². The van der Waals surface area contributed by atoms with Crippen LogP contribution in [0.5, 0.6) is 0 Å². The number of rotatable bonds is 5. The maximum Gasteiger partial charge on any atom is 0.416 e. The van der Waals surface area contributed by atoms with Crippen LogP contribution in [-0.2, 0) is 12.7 Å². The number of likely N-dealkylation sites (tertiary alicyclic amines) is 1. The molecule has 2 aliphatic rings. The number of carboxylic acids is 1. The third kappa shape index (κ3) is 6.37. The maximum atomic E-state index is 13.3. The van der Waals surface area contributed by atoms with Gasteiger partial charge in [-0.1, -0.05) is 19.9 Å². The minimum absolute atomic E-state index is 0.192. The number of amides is 1. The molecule has 8 nitrogen and oxygen atoms in total. The monoisotopic (exact) mass is 509 g/mol. The third-order valence-electron chi connectivity index (χ3n) is 6.71. The minimum Gasteiger partial charge on any atom is -0.476 e. The normalized spacial score (nSPS) is 17.5. The molecular formula is C25H34F3N5O3. The number of aromatic nitrogens is 2. The summed E-state index contributed by atoms with van der Waals surface area (Å²) in [7, 11) is 0. The molecule has 0 unspecified atom stereocenters. The summed E-state index contributed by atoms with van der Waals surface area (Å²) in [5.41, 5.74) is 0.331. The number of piperidine rings is 1. The number of nitrogens with one attached hydrogen (secondary N) is 1. The van der Waals surface area contributed by atoms with Crippen LogP contribution in [0.2, 0.25) is 0 Å². The van der Waals surface area contributed by atoms with Gasteiger partial charge < -0.3 is 20.2 Å². The number of anilines is 1. The Morgan fingerprint density at radius 2 is 1.72 bits per heavy atom. The van der Waals surface area contributed by atoms with Crippen molar-refractivity contribution in [3.8, 4) is 0 Å². The van der Waals surface area contributed by atoms with E-state index in [9.17, 15) is 22.8 Å². The van der Waals surface area contributed by atoms with Crippen molar-refractivity contribution in [2.24, 2.45) is 0 Å². The second kappa shape index (κ2) is 11.3. The molecule has 2 saturated heterocycles. The number of carboxylic acid groups (broad SMARTS) is 1. The number of hydrogen-bond donors (Lipinski definition) is 2. The largest absolute Gasteiger partial charge is 0.476 e. The zero-order valence-electron chi connectivity index (χ0n) is 20.9. The predicted octanol–water partition coefficient (Wildman–Crippen LogP) is 4.84. The molecule has 1 aromatic heterocycles. The van der Waals surface area contributed by atoms with Crippen LogP contribution in [0.3, 0.4) is 0 Å². The fourth-order valence-corrected chi connectivity index (χ4v) is 4.51. The molecule has 0 saturated carbocycles. The summed E-state index contributed by atoms with van der Waals surface area (Å²) in [6.45, 7) is 8.88. The van der Waals surface area contributed by atoms with E-state index in [1.165, 1.54) is 18.3 Å². The van der Waals surface area contributed by atoms with Crippen LogP contribution in [0.15, 0.2) is 30.5 Å². The van der Waals surface area contributed by atoms with Crippen LogP contribution in [0.4, 0.5) is 23.7 Å². The molecule has 198 valence electrons. The first kappa shape index (κ1) is 27.5. The van der Waals surface area contributed by atoms with Crippen molar-refractivity contribution in [3.05, 3.63) is 47.3 Å². The first-order valence-corrected chi connectivity index (χ1v) is 12.3. The van der Waals surface area contributed by atoms with Gasteiger partial charge in [0, 0.05) is 50.1 Å². The molecule has 2 N–H and O–H groups in total. The Morgan fingerprint density at radius 1 is 1.08 bits per heavy atom. The minimum atomic E-state index is -4.38. The topological polar surface area (TPSA) is 90.7 Å². The Kier molecular flexibility index (Phi) is 8.65. The number of halogens is 3. The molecule has 2 aromatic rings. The van der Waals surface area contributed by atoms with E-state index < -0.39 is 17.7 Å². The van der Waals surface area contributed by atoms with Gasteiger partial charge in [-0.25, -0.2) is 9.59 Å². The van der Waals surface area contributed by atoms with Gasteiger partial charge in [0.25, 0.3) is 0 Å². The molecule has 1 amide bonds. The smallest absolute Gasteiger partial charge is 0.416 e. The van der Waals surface area contributed by atoms with Gasteiger partial charge in [0.1, 0.15) is 0 Å². The lowest BCUT2D eigenvalue weighted by molar-refractivity contribution is -0.137. The van der Waals surface area contributed by atoms with E-state index >= 15 is 0 Å². The van der Waals surface area contributed by atoms with Crippen molar-refractivity contribution >= 4 is 17.7 Å². The Morgan fingerprint density at radius 3 is 2.28 bits per heavy atom. The van der Waals surface area contributed by atoms with Crippen molar-refractivity contribution in [1.82, 2.24) is 20.0 Å². The zero-order chi connectivity index (χ0) is 26.5. The van der Waals surface area contributed by atoms with Crippen molar-refractivity contribution in [2.45, 2.75) is 64.7 Å². The Balaban J connectivity index is 0.00000176. The maximum absolute atomic E-state index is 13.3. The van der Waals surface area contributed by atoms with Crippen molar-refractivity contribution in [3.63, 3.8) is 0 Å². The summed E-state index contributed by atoms with van der Waals surface area (Å²) in [6.07, 6.45) is 0.175. The van der Waals surface area contributed by atoms with E-state index in [-0.39, 0.29) is 17.3 Å². The molecule has 0 bridgehead atoms. The number of carbonyl (C=O) groups excluding carboxylic acids is 1. The first-order valence-electron chi connectivity index (χ1n) is 12.3. The highest BCUT2D eigenvalue weighted by molar-refractivity contribution is 5.86. The second-order valence-corrected chi connectivity index (χ2v) is 9.17. The summed E-state index contributed by atoms with van der Waals surface area (Å²) in [4.78, 5) is 27.3. The van der Waals surface area contributed by atoms with E-state index in [1.807, 2.05) is 25.7 Å². The summed E-state index contributed by atoms with van der Waals surface area (Å²) in [5.74, 6) is -1.20. The van der Waals surface area contributed by atoms with Gasteiger partial charge in [0.2, 0.25) is 0 Å². The van der Waals surface area contributed by atoms with Crippen LogP contribution in [0.1, 0.15) is 68.1 Å². The molecule has 4 rings (SSSR count). The molecule has 0 spiro atoms. The van der Waals surface area contributed by atoms with Crippen LogP contribution in [0.25, 0.3) is 0 Å². The second-order valence-electron chi connectivity index (χ2n) is 9.17. The van der Waals surface area contributed by atoms with Gasteiger partial charge in [-0.15, -0.1) is 0 Å². The molecule has 0 aliphatic carbocycles. The molecule has 0 radical (unpaired) electrons. The van der Waals surface area contributed by atoms with Gasteiger partial charge in [0.05, 0.1) is 5.56 Å². The summed E-state index contributed by atoms with van der Waals surface area (Å²) in [6, 6.07) is 4.84. The van der Waals surface area contributed by atoms with E-state index in [2.05, 4.69) is 10.4 Å². The lowest BCUT2D eigenvalue weighted by Crippen LogP contribution is -2.53. The van der Waals surface area contributed by atoms with E-state index in [1.54, 1.807) is 11.0 Å². The van der Waals surface area contributed by atoms with Gasteiger partial charge in [0.15, 0.2) is 5.69 Å². The number of carbonyl (C=O) groups is 2. The van der Waals surface area contributed by atoms with Crippen LogP contribution >= 0.6 is 0 Å². The highest BCUT2D eigenvalue weighted by Gasteiger charge is 2.34. The molecule has 3 heterocycles. The Hall–Kier alpha value is -3.08. The highest BCUT2D eigenvalue weighted by atomic mass is 19.4. The average molecular weight is 510 g/mol. The molecule has 1 aromatic carbocycles. The lowest BCUT2D eigenvalue weighted by Gasteiger charge is -2.40. The molecule has 11 heteroatoms. The fourth-order valence-electron chi connectivity index (χ4n) is 4.51. The van der Waals surface area contributed by atoms with Crippen LogP contribution in [-0.4, -0.2) is 63.5 Å². The highest BCUT2D eigenvalue weighted by Crippen LogP contribution is 2.35. The fraction of sp³-hybridized carbons (Fsp3) is 0.560. The third-order valence-corrected chi connectivity index (χ3v) is 6.71. The van der Waals surface area contributed by atoms with E-state index in [0.29, 0.717) is 38.2 Å². The summed E-state index contributed by atoms with van der Waals surface area (Å²) >= 11 is 0. The lowest BCUT2D eigenvalue weighted by atomic mass is 9.89. The Labute approximate surface area is 209 Å². The number of nitrogens with zero attached hydrogens (tertiary/aromatic N) is 4. The molecule has 2 aliphatic heterocycles. The standard InChI is InChI=1S/C23H28F3N5O3.C2H6/c1-22(7-12-30(13-8-22)21(34)31-11-6-18(28-31)20(32)33)27-15-16-4-5-17(23(24,25)26)14-19(16)29-9-2-3-10-29;1-2/h4-6,11,14,27H,2-3,7-10,12-13,15H2,1H3,(H,32,33);1-2H3. The summed E-state index contributed by atoms with van der Waals surface area (Å²) in [5, 5.41) is 16.3. The van der Waals surface area contributed by atoms with Gasteiger partial charge in [-0.3, -0.25) is 0 Å². The SMILES string of the molecule is CC.CC1(NCc2ccc(C(F)(F)F)cc2N2CCCC2)CCN(C(=O)n2ccc(C(=O)O)n2)CC1. The van der Waals surface area contributed by atoms with Crippen molar-refractivity contribution < 1.29 is 27.9 Å². The molecule has 2 fully saturated rings. The van der Waals surface area contributed by atoms with E-state index in [0.717, 1.165) is 42.2 Å². The van der Waals surface area contributed by atoms with Gasteiger partial charge in [-0.2, -0.15) is 23.0 Å². The number of aromatic carboxylic acids is 1. The molecule has 36 heavy (non-hydrogen) atoms. The quantitative estimate of drug-likeness (QED) is 0.600. The van der Waals surface area contributed by atoms with Crippen LogP contribution < -0.4 is 10.2 Å². The van der Waals surface area contributed by atoms with Gasteiger partial charge in [-0.05, 0) is 56.4 Å². The summed E-state index contributed by atoms with van der Waals surface area (Å²) < 4.78 is 40.9. The number of hydrogen-bond acceptors (Lipinski definition) is 5. The first-order chi connectivity index (χ1) is 17.1. The Bertz CT molecular complexity index is 1060. The zero-order valence-corrected chi connectivity index (χ0v) is 20.9. The average Bonchev–Trinajstić information content (AvgIpc) is 3.56. The van der Waals surface area contributed by atoms with Crippen molar-refractivity contribution in [1.29, 1.82) is 0 Å². The molecule has 0 atom stereocenters. The number of benzene rings is 1. The number of alkyl halides is 3. The predicted molar refractivity (Wildman–Crippen MR) is 130 cm³/mol. The van der Waals surface area contributed by atoms with Crippen molar-refractivity contribution in [2.75, 3.05) is 31.1 Å². The van der Waals surface area contributed by atoms with E-state index in [4.69, 9.17) is 5.11 Å². The van der Waals surface area contributed by atoms with Gasteiger partial charge >= 0.3 is 18.2 Å². The molecular weight excluding hydrogens is 475 g/mol.